The van der Waals surface area contributed by atoms with Crippen molar-refractivity contribution >= 4 is 0 Å². The van der Waals surface area contributed by atoms with E-state index in [0.29, 0.717) is 12.0 Å². The van der Waals surface area contributed by atoms with Gasteiger partial charge < -0.3 is 5.73 Å². The molecule has 3 heteroatoms. The average molecular weight is 154 g/mol. The van der Waals surface area contributed by atoms with E-state index in [1.165, 1.54) is 6.20 Å². The first kappa shape index (κ1) is 8.14. The second-order valence-corrected chi connectivity index (χ2v) is 2.65. The molecule has 0 fully saturated rings. The smallest absolute Gasteiger partial charge is 0.144 e. The fraction of sp³-hybridized carbons (Fsp3) is 0.375. The summed E-state index contributed by atoms with van der Waals surface area (Å²) < 4.78 is 12.8. The lowest BCUT2D eigenvalue weighted by molar-refractivity contribution is 0.590. The second kappa shape index (κ2) is 3.44. The maximum Gasteiger partial charge on any atom is 0.144 e. The van der Waals surface area contributed by atoms with Crippen LogP contribution < -0.4 is 5.73 Å². The molecule has 1 rings (SSSR count). The zero-order valence-electron chi connectivity index (χ0n) is 6.42. The van der Waals surface area contributed by atoms with E-state index in [9.17, 15) is 4.39 Å². The first-order valence-corrected chi connectivity index (χ1v) is 3.54. The van der Waals surface area contributed by atoms with Crippen LogP contribution in [0.3, 0.4) is 0 Å². The van der Waals surface area contributed by atoms with Gasteiger partial charge in [0.25, 0.3) is 0 Å². The molecule has 1 heterocycles. The fourth-order valence-corrected chi connectivity index (χ4v) is 0.916. The molecule has 0 spiro atoms. The van der Waals surface area contributed by atoms with Crippen LogP contribution in [0.15, 0.2) is 18.5 Å². The van der Waals surface area contributed by atoms with Gasteiger partial charge in [-0.1, -0.05) is 0 Å². The zero-order chi connectivity index (χ0) is 8.27. The number of hydrogen-bond acceptors (Lipinski definition) is 2. The minimum Gasteiger partial charge on any atom is -0.328 e. The van der Waals surface area contributed by atoms with Crippen molar-refractivity contribution in [1.82, 2.24) is 4.98 Å². The molecule has 0 unspecified atom stereocenters. The van der Waals surface area contributed by atoms with Crippen LogP contribution in [0.1, 0.15) is 12.5 Å². The van der Waals surface area contributed by atoms with Crippen LogP contribution in [0.5, 0.6) is 0 Å². The van der Waals surface area contributed by atoms with Crippen molar-refractivity contribution in [2.75, 3.05) is 0 Å². The molecule has 0 amide bonds. The Bertz CT molecular complexity index is 235. The third kappa shape index (κ3) is 2.27. The predicted molar refractivity (Wildman–Crippen MR) is 41.5 cm³/mol. The fourth-order valence-electron chi connectivity index (χ4n) is 0.916. The maximum absolute atomic E-state index is 12.8. The summed E-state index contributed by atoms with van der Waals surface area (Å²) in [6, 6.07) is 1.64. The van der Waals surface area contributed by atoms with Crippen molar-refractivity contribution in [1.29, 1.82) is 0 Å². The van der Waals surface area contributed by atoms with Gasteiger partial charge in [-0.15, -0.1) is 0 Å². The van der Waals surface area contributed by atoms with Crippen LogP contribution in [0.25, 0.3) is 0 Å². The third-order valence-electron chi connectivity index (χ3n) is 1.40. The molecule has 2 N–H and O–H groups in total. The number of halogens is 1. The van der Waals surface area contributed by atoms with Crippen LogP contribution in [0, 0.1) is 5.82 Å². The molecule has 0 saturated carbocycles. The van der Waals surface area contributed by atoms with Gasteiger partial charge in [0.2, 0.25) is 0 Å². The van der Waals surface area contributed by atoms with Gasteiger partial charge in [0.15, 0.2) is 0 Å². The Labute approximate surface area is 65.3 Å². The van der Waals surface area contributed by atoms with Crippen LogP contribution in [-0.2, 0) is 6.42 Å². The minimum absolute atomic E-state index is 0.00750. The Hall–Kier alpha value is -0.960. The van der Waals surface area contributed by atoms with Gasteiger partial charge in [-0.25, -0.2) is 4.39 Å². The molecule has 0 aliphatic heterocycles. The number of nitrogens with two attached hydrogens (primary N) is 1. The average Bonchev–Trinajstić information content (AvgIpc) is 1.93. The van der Waals surface area contributed by atoms with Crippen molar-refractivity contribution in [2.45, 2.75) is 19.4 Å². The molecule has 0 aromatic carbocycles. The molecule has 1 atom stereocenters. The standard InChI is InChI=1S/C8H11FN2/c1-6(10)4-7-2-3-11-5-8(7)9/h2-3,5-6H,4,10H2,1H3/t6-/m1/s1. The monoisotopic (exact) mass is 154 g/mol. The van der Waals surface area contributed by atoms with E-state index < -0.39 is 0 Å². The lowest BCUT2D eigenvalue weighted by Gasteiger charge is -2.04. The number of rotatable bonds is 2. The first-order valence-electron chi connectivity index (χ1n) is 3.54. The van der Waals surface area contributed by atoms with E-state index in [4.69, 9.17) is 5.73 Å². The molecular formula is C8H11FN2. The highest BCUT2D eigenvalue weighted by atomic mass is 19.1. The van der Waals surface area contributed by atoms with E-state index in [0.717, 1.165) is 0 Å². The Morgan fingerprint density at radius 3 is 3.00 bits per heavy atom. The summed E-state index contributed by atoms with van der Waals surface area (Å²) in [6.45, 7) is 1.85. The van der Waals surface area contributed by atoms with E-state index in [1.54, 1.807) is 12.3 Å². The van der Waals surface area contributed by atoms with Gasteiger partial charge in [-0.2, -0.15) is 0 Å². The molecule has 0 saturated heterocycles. The van der Waals surface area contributed by atoms with Gasteiger partial charge in [0.05, 0.1) is 6.20 Å². The highest BCUT2D eigenvalue weighted by Gasteiger charge is 2.02. The zero-order valence-corrected chi connectivity index (χ0v) is 6.42. The molecule has 11 heavy (non-hydrogen) atoms. The van der Waals surface area contributed by atoms with Gasteiger partial charge in [-0.05, 0) is 25.0 Å². The summed E-state index contributed by atoms with van der Waals surface area (Å²) in [4.78, 5) is 3.64. The lowest BCUT2D eigenvalue weighted by atomic mass is 10.1. The normalized spacial score (nSPS) is 13.0. The number of aromatic nitrogens is 1. The third-order valence-corrected chi connectivity index (χ3v) is 1.40. The van der Waals surface area contributed by atoms with Crippen LogP contribution in [0.2, 0.25) is 0 Å². The molecule has 60 valence electrons. The van der Waals surface area contributed by atoms with Crippen molar-refractivity contribution in [3.05, 3.63) is 29.8 Å². The van der Waals surface area contributed by atoms with E-state index in [2.05, 4.69) is 4.98 Å². The van der Waals surface area contributed by atoms with Gasteiger partial charge in [-0.3, -0.25) is 4.98 Å². The highest BCUT2D eigenvalue weighted by Crippen LogP contribution is 2.05. The SMILES string of the molecule is C[C@@H](N)Cc1ccncc1F. The largest absolute Gasteiger partial charge is 0.328 e. The Balaban J connectivity index is 2.78. The summed E-state index contributed by atoms with van der Waals surface area (Å²) >= 11 is 0. The summed E-state index contributed by atoms with van der Waals surface area (Å²) in [5.74, 6) is -0.273. The molecule has 1 aromatic rings. The van der Waals surface area contributed by atoms with Crippen molar-refractivity contribution in [3.8, 4) is 0 Å². The summed E-state index contributed by atoms with van der Waals surface area (Å²) in [5.41, 5.74) is 6.14. The Morgan fingerprint density at radius 1 is 1.73 bits per heavy atom. The van der Waals surface area contributed by atoms with E-state index in [1.807, 2.05) is 6.92 Å². The minimum atomic E-state index is -0.273. The number of nitrogens with zero attached hydrogens (tertiary/aromatic N) is 1. The van der Waals surface area contributed by atoms with Crippen LogP contribution in [-0.4, -0.2) is 11.0 Å². The second-order valence-electron chi connectivity index (χ2n) is 2.65. The van der Waals surface area contributed by atoms with Crippen LogP contribution >= 0.6 is 0 Å². The topological polar surface area (TPSA) is 38.9 Å². The Morgan fingerprint density at radius 2 is 2.45 bits per heavy atom. The first-order chi connectivity index (χ1) is 5.20. The van der Waals surface area contributed by atoms with E-state index >= 15 is 0 Å². The predicted octanol–water partition coefficient (Wildman–Crippen LogP) is 1.11. The molecule has 2 nitrogen and oxygen atoms in total. The van der Waals surface area contributed by atoms with Crippen LogP contribution in [0.4, 0.5) is 4.39 Å². The maximum atomic E-state index is 12.8. The lowest BCUT2D eigenvalue weighted by Crippen LogP contribution is -2.18. The quantitative estimate of drug-likeness (QED) is 0.693. The summed E-state index contributed by atoms with van der Waals surface area (Å²) in [5, 5.41) is 0. The van der Waals surface area contributed by atoms with Crippen molar-refractivity contribution in [3.63, 3.8) is 0 Å². The summed E-state index contributed by atoms with van der Waals surface area (Å²) in [6.07, 6.45) is 3.34. The van der Waals surface area contributed by atoms with Gasteiger partial charge in [0, 0.05) is 12.2 Å². The van der Waals surface area contributed by atoms with E-state index in [-0.39, 0.29) is 11.9 Å². The van der Waals surface area contributed by atoms with Gasteiger partial charge in [0.1, 0.15) is 5.82 Å². The molecule has 0 aliphatic carbocycles. The van der Waals surface area contributed by atoms with Crippen molar-refractivity contribution < 1.29 is 4.39 Å². The van der Waals surface area contributed by atoms with Gasteiger partial charge >= 0.3 is 0 Å². The number of pyridine rings is 1. The molecule has 0 aliphatic rings. The van der Waals surface area contributed by atoms with Crippen molar-refractivity contribution in [2.24, 2.45) is 5.73 Å². The highest BCUT2D eigenvalue weighted by molar-refractivity contribution is 5.13. The molecule has 0 bridgehead atoms. The molecule has 1 aromatic heterocycles. The molecular weight excluding hydrogens is 143 g/mol. The molecule has 0 radical (unpaired) electrons. The Kier molecular flexibility index (Phi) is 2.54. The number of hydrogen-bond donors (Lipinski definition) is 1. The summed E-state index contributed by atoms with van der Waals surface area (Å²) in [7, 11) is 0.